The fourth-order valence-electron chi connectivity index (χ4n) is 5.65. The highest BCUT2D eigenvalue weighted by Gasteiger charge is 2.75. The van der Waals surface area contributed by atoms with Crippen LogP contribution in [-0.4, -0.2) is 29.0 Å². The summed E-state index contributed by atoms with van der Waals surface area (Å²) in [5.74, 6) is -7.97. The summed E-state index contributed by atoms with van der Waals surface area (Å²) < 4.78 is 61.5. The maximum absolute atomic E-state index is 14.1. The second kappa shape index (κ2) is 7.66. The molecule has 0 bridgehead atoms. The number of fused-ring (bicyclic) bond motifs is 3. The van der Waals surface area contributed by atoms with Crippen LogP contribution in [0.15, 0.2) is 72.8 Å². The van der Waals surface area contributed by atoms with Gasteiger partial charge in [0, 0.05) is 11.1 Å². The minimum atomic E-state index is -4.90. The first-order valence-corrected chi connectivity index (χ1v) is 11.2. The van der Waals surface area contributed by atoms with Gasteiger partial charge in [0.1, 0.15) is 5.82 Å². The van der Waals surface area contributed by atoms with Gasteiger partial charge in [0.2, 0.25) is 29.0 Å². The number of amides is 2. The number of halogens is 4. The molecule has 6 nitrogen and oxygen atoms in total. The van der Waals surface area contributed by atoms with E-state index in [0.717, 1.165) is 30.3 Å². The number of Topliss-reactive ketones (excluding diaryl/α,β-unsaturated/α-hetero) is 2. The summed E-state index contributed by atoms with van der Waals surface area (Å²) in [7, 11) is 0. The summed E-state index contributed by atoms with van der Waals surface area (Å²) in [6, 6.07) is 14.7. The molecule has 6 rings (SSSR count). The molecule has 1 aliphatic carbocycles. The molecular formula is C27H15F4NO5. The zero-order chi connectivity index (χ0) is 26.3. The van der Waals surface area contributed by atoms with E-state index >= 15 is 0 Å². The molecule has 0 unspecified atom stereocenters. The molecule has 10 heteroatoms. The van der Waals surface area contributed by atoms with E-state index in [0.29, 0.717) is 4.90 Å². The monoisotopic (exact) mass is 509 g/mol. The van der Waals surface area contributed by atoms with Crippen molar-refractivity contribution in [3.8, 4) is 0 Å². The number of carbonyl (C=O) groups excluding carboxylic acids is 4. The van der Waals surface area contributed by atoms with Crippen LogP contribution >= 0.6 is 0 Å². The number of anilines is 1. The lowest BCUT2D eigenvalue weighted by Crippen LogP contribution is -2.51. The van der Waals surface area contributed by atoms with Crippen LogP contribution < -0.4 is 4.90 Å². The number of carbonyl (C=O) groups is 4. The Balaban J connectivity index is 1.57. The standard InChI is InChI=1S/C27H15F4NO5/c28-14-7-5-6-13(12-14)21-19-20(26(37-21)22(33)15-8-1-2-9-16(15)23(26)34)25(36)32(24(19)35)18-11-4-3-10-17(18)27(29,30)31/h1-12,19-21H/t19-,20-,21+/m1/s1. The molecule has 3 aromatic carbocycles. The highest BCUT2D eigenvalue weighted by atomic mass is 19.4. The van der Waals surface area contributed by atoms with E-state index in [-0.39, 0.29) is 16.7 Å². The maximum Gasteiger partial charge on any atom is 0.418 e. The number of imide groups is 1. The van der Waals surface area contributed by atoms with Gasteiger partial charge in [-0.2, -0.15) is 13.2 Å². The second-order valence-electron chi connectivity index (χ2n) is 9.06. The van der Waals surface area contributed by atoms with Crippen LogP contribution in [0, 0.1) is 17.7 Å². The van der Waals surface area contributed by atoms with Gasteiger partial charge < -0.3 is 4.74 Å². The van der Waals surface area contributed by atoms with Crippen LogP contribution in [0.5, 0.6) is 0 Å². The predicted octanol–water partition coefficient (Wildman–Crippen LogP) is 4.54. The molecule has 0 saturated carbocycles. The third kappa shape index (κ3) is 3.02. The number of alkyl halides is 3. The smallest absolute Gasteiger partial charge is 0.349 e. The minimum absolute atomic E-state index is 0.0273. The Bertz CT molecular complexity index is 1500. The quantitative estimate of drug-likeness (QED) is 0.288. The van der Waals surface area contributed by atoms with Gasteiger partial charge in [-0.1, -0.05) is 48.5 Å². The summed E-state index contributed by atoms with van der Waals surface area (Å²) in [5.41, 5.74) is -4.42. The first-order valence-electron chi connectivity index (χ1n) is 11.2. The van der Waals surface area contributed by atoms with Crippen LogP contribution in [0.3, 0.4) is 0 Å². The SMILES string of the molecule is O=C1[C@H]2[C@H](c3cccc(F)c3)OC3(C(=O)c4ccccc4C3=O)[C@H]2C(=O)N1c1ccccc1C(F)(F)F. The van der Waals surface area contributed by atoms with Gasteiger partial charge in [-0.3, -0.25) is 19.2 Å². The third-order valence-electron chi connectivity index (χ3n) is 7.15. The van der Waals surface area contributed by atoms with Crippen LogP contribution in [0.25, 0.3) is 0 Å². The van der Waals surface area contributed by atoms with Crippen molar-refractivity contribution >= 4 is 29.1 Å². The van der Waals surface area contributed by atoms with Gasteiger partial charge in [-0.15, -0.1) is 0 Å². The van der Waals surface area contributed by atoms with Crippen LogP contribution in [-0.2, 0) is 20.5 Å². The lowest BCUT2D eigenvalue weighted by molar-refractivity contribution is -0.137. The highest BCUT2D eigenvalue weighted by Crippen LogP contribution is 2.58. The van der Waals surface area contributed by atoms with Gasteiger partial charge in [-0.05, 0) is 29.8 Å². The minimum Gasteiger partial charge on any atom is -0.349 e. The van der Waals surface area contributed by atoms with Crippen molar-refractivity contribution in [2.45, 2.75) is 17.9 Å². The lowest BCUT2D eigenvalue weighted by Gasteiger charge is -2.28. The molecule has 0 radical (unpaired) electrons. The molecule has 2 fully saturated rings. The van der Waals surface area contributed by atoms with Crippen molar-refractivity contribution in [3.05, 3.63) is 101 Å². The van der Waals surface area contributed by atoms with Crippen molar-refractivity contribution in [2.24, 2.45) is 11.8 Å². The highest BCUT2D eigenvalue weighted by molar-refractivity contribution is 6.37. The number of nitrogens with zero attached hydrogens (tertiary/aromatic N) is 1. The van der Waals surface area contributed by atoms with Crippen molar-refractivity contribution in [2.75, 3.05) is 4.90 Å². The number of hydrogen-bond donors (Lipinski definition) is 0. The van der Waals surface area contributed by atoms with E-state index in [1.165, 1.54) is 42.5 Å². The van der Waals surface area contributed by atoms with Gasteiger partial charge in [0.25, 0.3) is 0 Å². The van der Waals surface area contributed by atoms with Gasteiger partial charge >= 0.3 is 6.18 Å². The van der Waals surface area contributed by atoms with Crippen LogP contribution in [0.4, 0.5) is 23.2 Å². The molecule has 1 spiro atoms. The zero-order valence-electron chi connectivity index (χ0n) is 18.7. The van der Waals surface area contributed by atoms with Gasteiger partial charge in [0.15, 0.2) is 0 Å². The number of hydrogen-bond acceptors (Lipinski definition) is 5. The van der Waals surface area contributed by atoms with E-state index in [1.807, 2.05) is 0 Å². The normalized spacial score (nSPS) is 24.2. The molecule has 2 amide bonds. The first kappa shape index (κ1) is 23.2. The molecule has 2 heterocycles. The number of ether oxygens (including phenoxy) is 1. The zero-order valence-corrected chi connectivity index (χ0v) is 18.7. The molecule has 3 aromatic rings. The lowest BCUT2D eigenvalue weighted by atomic mass is 9.77. The fourth-order valence-corrected chi connectivity index (χ4v) is 5.65. The molecule has 186 valence electrons. The van der Waals surface area contributed by atoms with Gasteiger partial charge in [-0.25, -0.2) is 9.29 Å². The first-order chi connectivity index (χ1) is 17.6. The molecule has 0 aromatic heterocycles. The van der Waals surface area contributed by atoms with E-state index in [2.05, 4.69) is 0 Å². The summed E-state index contributed by atoms with van der Waals surface area (Å²) >= 11 is 0. The topological polar surface area (TPSA) is 80.8 Å². The molecule has 37 heavy (non-hydrogen) atoms. The Labute approximate surface area is 206 Å². The third-order valence-corrected chi connectivity index (χ3v) is 7.15. The second-order valence-corrected chi connectivity index (χ2v) is 9.06. The van der Waals surface area contributed by atoms with E-state index < -0.39 is 70.2 Å². The van der Waals surface area contributed by atoms with Crippen molar-refractivity contribution in [1.82, 2.24) is 0 Å². The number of benzene rings is 3. The molecule has 2 saturated heterocycles. The van der Waals surface area contributed by atoms with Crippen molar-refractivity contribution < 1.29 is 41.5 Å². The van der Waals surface area contributed by atoms with Crippen LogP contribution in [0.1, 0.15) is 37.9 Å². The summed E-state index contributed by atoms with van der Waals surface area (Å²) in [5, 5.41) is 0. The largest absolute Gasteiger partial charge is 0.418 e. The summed E-state index contributed by atoms with van der Waals surface area (Å²) in [4.78, 5) is 55.2. The van der Waals surface area contributed by atoms with Crippen LogP contribution in [0.2, 0.25) is 0 Å². The molecule has 2 aliphatic heterocycles. The van der Waals surface area contributed by atoms with E-state index in [1.54, 1.807) is 0 Å². The predicted molar refractivity (Wildman–Crippen MR) is 119 cm³/mol. The van der Waals surface area contributed by atoms with Crippen molar-refractivity contribution in [1.29, 1.82) is 0 Å². The maximum atomic E-state index is 14.1. The number of para-hydroxylation sites is 1. The number of ketones is 2. The average molecular weight is 509 g/mol. The Morgan fingerprint density at radius 3 is 2.03 bits per heavy atom. The average Bonchev–Trinajstić information content (AvgIpc) is 3.43. The molecule has 3 atom stereocenters. The van der Waals surface area contributed by atoms with E-state index in [4.69, 9.17) is 4.74 Å². The molecular weight excluding hydrogens is 494 g/mol. The van der Waals surface area contributed by atoms with Crippen molar-refractivity contribution in [3.63, 3.8) is 0 Å². The Kier molecular flexibility index (Phi) is 4.81. The summed E-state index contributed by atoms with van der Waals surface area (Å²) in [6.45, 7) is 0. The Morgan fingerprint density at radius 2 is 1.41 bits per heavy atom. The fraction of sp³-hybridized carbons (Fsp3) is 0.185. The number of rotatable bonds is 2. The molecule has 0 N–H and O–H groups in total. The van der Waals surface area contributed by atoms with E-state index in [9.17, 15) is 36.7 Å². The Morgan fingerprint density at radius 1 is 0.784 bits per heavy atom. The Hall–Kier alpha value is -4.18. The molecule has 3 aliphatic rings. The van der Waals surface area contributed by atoms with Gasteiger partial charge in [0.05, 0.1) is 29.2 Å². The summed E-state index contributed by atoms with van der Waals surface area (Å²) in [6.07, 6.45) is -6.34.